The van der Waals surface area contributed by atoms with Crippen LogP contribution in [0.1, 0.15) is 48.1 Å². The molecule has 1 atom stereocenters. The Balaban J connectivity index is 2.20. The zero-order valence-electron chi connectivity index (χ0n) is 16.8. The molecule has 0 amide bonds. The van der Waals surface area contributed by atoms with Crippen LogP contribution in [0.3, 0.4) is 0 Å². The highest BCUT2D eigenvalue weighted by Gasteiger charge is 2.41. The summed E-state index contributed by atoms with van der Waals surface area (Å²) in [6.07, 6.45) is -14.8. The molecule has 2 aromatic rings. The van der Waals surface area contributed by atoms with Crippen LogP contribution in [0, 0.1) is 0 Å². The number of fused-ring (bicyclic) bond motifs is 1. The van der Waals surface area contributed by atoms with Gasteiger partial charge in [-0.1, -0.05) is 30.1 Å². The van der Waals surface area contributed by atoms with Crippen LogP contribution < -0.4 is 4.74 Å². The molecule has 34 heavy (non-hydrogen) atoms. The van der Waals surface area contributed by atoms with E-state index in [-0.39, 0.29) is 24.1 Å². The van der Waals surface area contributed by atoms with Gasteiger partial charge in [-0.25, -0.2) is 4.99 Å². The van der Waals surface area contributed by atoms with Crippen molar-refractivity contribution < 1.29 is 44.3 Å². The molecule has 1 aliphatic rings. The first-order chi connectivity index (χ1) is 15.5. The predicted octanol–water partition coefficient (Wildman–Crippen LogP) is 7.78. The molecule has 3 rings (SSSR count). The van der Waals surface area contributed by atoms with Crippen molar-refractivity contribution in [1.29, 1.82) is 0 Å². The molecule has 4 nitrogen and oxygen atoms in total. The minimum absolute atomic E-state index is 0.00864. The maximum Gasteiger partial charge on any atom is 0.433 e. The number of ether oxygens (including phenoxy) is 1. The minimum atomic E-state index is -5.08. The van der Waals surface area contributed by atoms with Gasteiger partial charge in [-0.05, 0) is 30.9 Å². The monoisotopic (exact) mass is 539 g/mol. The lowest BCUT2D eigenvalue weighted by Gasteiger charge is -2.18. The standard InChI is InChI=1S/C19H12Cl2F9N3O/c1-7-2-3-11(13-9(20)4-8(5-10(13)21)18(25,26)27)31-15-12(7)14(19(28,29)30)32-16(33-15)34-6-17(22,23)24/h4-5,7H,2-3,6H2,1H3. The number of alkyl halides is 9. The van der Waals surface area contributed by atoms with Crippen molar-refractivity contribution in [1.82, 2.24) is 9.97 Å². The molecular weight excluding hydrogens is 528 g/mol. The molecule has 15 heteroatoms. The lowest BCUT2D eigenvalue weighted by molar-refractivity contribution is -0.155. The van der Waals surface area contributed by atoms with Crippen molar-refractivity contribution in [2.75, 3.05) is 6.61 Å². The van der Waals surface area contributed by atoms with E-state index in [2.05, 4.69) is 19.7 Å². The van der Waals surface area contributed by atoms with Crippen LogP contribution in [-0.4, -0.2) is 28.5 Å². The summed E-state index contributed by atoms with van der Waals surface area (Å²) in [6, 6.07) is -0.0517. The fourth-order valence-electron chi connectivity index (χ4n) is 3.28. The predicted molar refractivity (Wildman–Crippen MR) is 104 cm³/mol. The van der Waals surface area contributed by atoms with E-state index in [0.717, 1.165) is 0 Å². The van der Waals surface area contributed by atoms with Gasteiger partial charge in [0.15, 0.2) is 18.1 Å². The molecule has 0 aliphatic carbocycles. The molecule has 0 saturated heterocycles. The Labute approximate surface area is 195 Å². The third-order valence-electron chi connectivity index (χ3n) is 4.74. The van der Waals surface area contributed by atoms with E-state index in [0.29, 0.717) is 12.1 Å². The lowest BCUT2D eigenvalue weighted by atomic mass is 9.93. The Morgan fingerprint density at radius 1 is 0.941 bits per heavy atom. The highest BCUT2D eigenvalue weighted by atomic mass is 35.5. The van der Waals surface area contributed by atoms with E-state index in [1.54, 1.807) is 0 Å². The van der Waals surface area contributed by atoms with E-state index < -0.39 is 69.7 Å². The summed E-state index contributed by atoms with van der Waals surface area (Å²) in [7, 11) is 0. The first-order valence-corrected chi connectivity index (χ1v) is 10.1. The molecular formula is C19H12Cl2F9N3O. The summed E-state index contributed by atoms with van der Waals surface area (Å²) in [4.78, 5) is 10.7. The zero-order chi connectivity index (χ0) is 25.6. The molecule has 0 fully saturated rings. The molecule has 0 radical (unpaired) electrons. The van der Waals surface area contributed by atoms with Gasteiger partial charge in [0.1, 0.15) is 0 Å². The summed E-state index contributed by atoms with van der Waals surface area (Å²) >= 11 is 12.0. The fraction of sp³-hybridized carbons (Fsp3) is 0.421. The van der Waals surface area contributed by atoms with Crippen molar-refractivity contribution in [3.63, 3.8) is 0 Å². The van der Waals surface area contributed by atoms with Crippen LogP contribution in [0.5, 0.6) is 6.01 Å². The Hall–Kier alpha value is -2.28. The maximum atomic E-state index is 13.7. The normalized spacial score (nSPS) is 17.2. The third kappa shape index (κ3) is 5.85. The number of hydrogen-bond acceptors (Lipinski definition) is 4. The summed E-state index contributed by atoms with van der Waals surface area (Å²) in [5.74, 6) is -1.52. The van der Waals surface area contributed by atoms with Crippen molar-refractivity contribution in [2.24, 2.45) is 4.99 Å². The molecule has 0 saturated carbocycles. The highest BCUT2D eigenvalue weighted by molar-refractivity contribution is 6.40. The first-order valence-electron chi connectivity index (χ1n) is 9.30. The number of aromatic nitrogens is 2. The molecule has 1 aromatic heterocycles. The second kappa shape index (κ2) is 9.06. The summed E-state index contributed by atoms with van der Waals surface area (Å²) in [5.41, 5.74) is -3.44. The summed E-state index contributed by atoms with van der Waals surface area (Å²) < 4.78 is 122. The molecule has 1 unspecified atom stereocenters. The number of halogens is 11. The van der Waals surface area contributed by atoms with Gasteiger partial charge in [0.05, 0.1) is 21.3 Å². The van der Waals surface area contributed by atoms with Gasteiger partial charge < -0.3 is 4.74 Å². The number of aliphatic imine (C=N–C) groups is 1. The van der Waals surface area contributed by atoms with Crippen molar-refractivity contribution in [2.45, 2.75) is 44.2 Å². The van der Waals surface area contributed by atoms with Gasteiger partial charge >= 0.3 is 24.5 Å². The minimum Gasteiger partial charge on any atom is -0.454 e. The largest absolute Gasteiger partial charge is 0.454 e. The van der Waals surface area contributed by atoms with Gasteiger partial charge in [-0.2, -0.15) is 49.5 Å². The van der Waals surface area contributed by atoms with E-state index in [4.69, 9.17) is 23.2 Å². The smallest absolute Gasteiger partial charge is 0.433 e. The van der Waals surface area contributed by atoms with E-state index in [1.165, 1.54) is 6.92 Å². The van der Waals surface area contributed by atoms with Gasteiger partial charge in [0, 0.05) is 11.1 Å². The first kappa shape index (κ1) is 26.3. The van der Waals surface area contributed by atoms with Crippen LogP contribution in [0.25, 0.3) is 0 Å². The summed E-state index contributed by atoms with van der Waals surface area (Å²) in [6.45, 7) is -0.562. The quantitative estimate of drug-likeness (QED) is 0.374. The van der Waals surface area contributed by atoms with Crippen LogP contribution >= 0.6 is 23.2 Å². The van der Waals surface area contributed by atoms with Crippen molar-refractivity contribution in [3.05, 3.63) is 44.6 Å². The zero-order valence-corrected chi connectivity index (χ0v) is 18.3. The third-order valence-corrected chi connectivity index (χ3v) is 5.34. The molecule has 1 aliphatic heterocycles. The fourth-order valence-corrected chi connectivity index (χ4v) is 3.98. The van der Waals surface area contributed by atoms with Gasteiger partial charge in [-0.3, -0.25) is 0 Å². The Morgan fingerprint density at radius 2 is 1.53 bits per heavy atom. The van der Waals surface area contributed by atoms with Gasteiger partial charge in [0.2, 0.25) is 0 Å². The van der Waals surface area contributed by atoms with E-state index >= 15 is 0 Å². The Kier molecular flexibility index (Phi) is 7.02. The van der Waals surface area contributed by atoms with Crippen molar-refractivity contribution in [3.8, 4) is 6.01 Å². The number of rotatable bonds is 3. The number of nitrogens with zero attached hydrogens (tertiary/aromatic N) is 3. The number of hydrogen-bond donors (Lipinski definition) is 0. The molecule has 0 N–H and O–H groups in total. The second-order valence-electron chi connectivity index (χ2n) is 7.30. The van der Waals surface area contributed by atoms with Crippen LogP contribution in [0.15, 0.2) is 17.1 Å². The van der Waals surface area contributed by atoms with Crippen LogP contribution in [-0.2, 0) is 12.4 Å². The SMILES string of the molecule is CC1CCC(c2c(Cl)cc(C(F)(F)F)cc2Cl)=Nc2nc(OCC(F)(F)F)nc(C(F)(F)F)c21. The second-order valence-corrected chi connectivity index (χ2v) is 8.12. The Bertz CT molecular complexity index is 1100. The van der Waals surface area contributed by atoms with Gasteiger partial charge in [-0.15, -0.1) is 0 Å². The summed E-state index contributed by atoms with van der Waals surface area (Å²) in [5, 5.41) is -0.929. The topological polar surface area (TPSA) is 47.4 Å². The molecule has 186 valence electrons. The van der Waals surface area contributed by atoms with E-state index in [1.807, 2.05) is 0 Å². The molecule has 1 aromatic carbocycles. The van der Waals surface area contributed by atoms with E-state index in [9.17, 15) is 39.5 Å². The Morgan fingerprint density at radius 3 is 2.03 bits per heavy atom. The molecule has 2 heterocycles. The average Bonchev–Trinajstić information content (AvgIpc) is 2.82. The van der Waals surface area contributed by atoms with Gasteiger partial charge in [0.25, 0.3) is 0 Å². The lowest BCUT2D eigenvalue weighted by Crippen LogP contribution is -2.22. The van der Waals surface area contributed by atoms with Crippen LogP contribution in [0.2, 0.25) is 10.0 Å². The maximum absolute atomic E-state index is 13.7. The van der Waals surface area contributed by atoms with Crippen molar-refractivity contribution >= 4 is 34.7 Å². The molecule has 0 spiro atoms. The number of benzene rings is 1. The average molecular weight is 540 g/mol. The van der Waals surface area contributed by atoms with Crippen LogP contribution in [0.4, 0.5) is 45.3 Å². The molecule has 0 bridgehead atoms. The highest BCUT2D eigenvalue weighted by Crippen LogP contribution is 2.44.